The maximum atomic E-state index is 11.7. The Labute approximate surface area is 94.3 Å². The maximum absolute atomic E-state index is 11.7. The van der Waals surface area contributed by atoms with Gasteiger partial charge in [-0.3, -0.25) is 4.55 Å². The first-order valence-electron chi connectivity index (χ1n) is 4.16. The Morgan fingerprint density at radius 1 is 1.06 bits per heavy atom. The minimum atomic E-state index is -4.39. The first-order valence-corrected chi connectivity index (χ1v) is 7.04. The van der Waals surface area contributed by atoms with Crippen molar-refractivity contribution < 1.29 is 21.4 Å². The van der Waals surface area contributed by atoms with Crippen molar-refractivity contribution in [2.45, 2.75) is 9.79 Å². The molecular weight excluding hydrogens is 254 g/mol. The molecule has 0 unspecified atom stereocenters. The van der Waals surface area contributed by atoms with Crippen molar-refractivity contribution in [1.82, 2.24) is 4.31 Å². The monoisotopic (exact) mass is 265 g/mol. The fourth-order valence-electron chi connectivity index (χ4n) is 1.01. The minimum Gasteiger partial charge on any atom is -0.282 e. The van der Waals surface area contributed by atoms with Crippen LogP contribution in [0.4, 0.5) is 0 Å². The van der Waals surface area contributed by atoms with Crippen LogP contribution in [0.5, 0.6) is 0 Å². The van der Waals surface area contributed by atoms with Gasteiger partial charge in [0.25, 0.3) is 10.1 Å². The Morgan fingerprint density at radius 2 is 1.56 bits per heavy atom. The van der Waals surface area contributed by atoms with E-state index in [1.165, 1.54) is 26.2 Å². The van der Waals surface area contributed by atoms with Crippen molar-refractivity contribution in [3.8, 4) is 0 Å². The van der Waals surface area contributed by atoms with E-state index in [2.05, 4.69) is 0 Å². The average Bonchev–Trinajstić information content (AvgIpc) is 2.16. The molecule has 0 heterocycles. The third kappa shape index (κ3) is 2.59. The summed E-state index contributed by atoms with van der Waals surface area (Å²) in [7, 11) is -5.44. The van der Waals surface area contributed by atoms with Crippen LogP contribution in [0.1, 0.15) is 0 Å². The number of rotatable bonds is 3. The van der Waals surface area contributed by atoms with E-state index >= 15 is 0 Å². The highest BCUT2D eigenvalue weighted by atomic mass is 32.2. The molecule has 0 fully saturated rings. The van der Waals surface area contributed by atoms with Gasteiger partial charge in [-0.25, -0.2) is 12.7 Å². The van der Waals surface area contributed by atoms with Gasteiger partial charge >= 0.3 is 0 Å². The molecular formula is C8H11NO5S2. The summed E-state index contributed by atoms with van der Waals surface area (Å²) in [6.07, 6.45) is 0. The summed E-state index contributed by atoms with van der Waals surface area (Å²) in [5, 5.41) is 0. The van der Waals surface area contributed by atoms with E-state index in [-0.39, 0.29) is 4.90 Å². The quantitative estimate of drug-likeness (QED) is 0.787. The Bertz CT molecular complexity index is 589. The molecule has 0 spiro atoms. The fourth-order valence-corrected chi connectivity index (χ4v) is 2.56. The Kier molecular flexibility index (Phi) is 3.38. The second kappa shape index (κ2) is 4.13. The lowest BCUT2D eigenvalue weighted by atomic mass is 10.4. The summed E-state index contributed by atoms with van der Waals surface area (Å²) in [5.74, 6) is 0. The van der Waals surface area contributed by atoms with Crippen LogP contribution in [0.3, 0.4) is 0 Å². The highest BCUT2D eigenvalue weighted by Crippen LogP contribution is 2.17. The van der Waals surface area contributed by atoms with Gasteiger partial charge in [-0.15, -0.1) is 0 Å². The van der Waals surface area contributed by atoms with Crippen molar-refractivity contribution in [2.24, 2.45) is 0 Å². The predicted molar refractivity (Wildman–Crippen MR) is 57.1 cm³/mol. The molecule has 0 saturated heterocycles. The molecule has 1 N–H and O–H groups in total. The lowest BCUT2D eigenvalue weighted by Crippen LogP contribution is -2.22. The second-order valence-corrected chi connectivity index (χ2v) is 6.81. The molecule has 8 heteroatoms. The van der Waals surface area contributed by atoms with Crippen LogP contribution in [-0.4, -0.2) is 39.8 Å². The summed E-state index contributed by atoms with van der Waals surface area (Å²) in [6.45, 7) is 0. The zero-order valence-corrected chi connectivity index (χ0v) is 10.3. The first-order chi connectivity index (χ1) is 7.15. The van der Waals surface area contributed by atoms with Crippen LogP contribution >= 0.6 is 0 Å². The zero-order valence-electron chi connectivity index (χ0n) is 8.65. The van der Waals surface area contributed by atoms with Crippen LogP contribution in [0.15, 0.2) is 34.1 Å². The molecule has 0 aliphatic carbocycles. The summed E-state index contributed by atoms with van der Waals surface area (Å²) in [6, 6.07) is 4.53. The van der Waals surface area contributed by atoms with Gasteiger partial charge in [0.1, 0.15) is 0 Å². The van der Waals surface area contributed by atoms with Gasteiger partial charge in [-0.05, 0) is 18.2 Å². The van der Waals surface area contributed by atoms with Crippen LogP contribution < -0.4 is 0 Å². The van der Waals surface area contributed by atoms with Crippen molar-refractivity contribution in [3.05, 3.63) is 24.3 Å². The van der Waals surface area contributed by atoms with Gasteiger partial charge in [0.05, 0.1) is 9.79 Å². The van der Waals surface area contributed by atoms with Crippen LogP contribution in [0.25, 0.3) is 0 Å². The van der Waals surface area contributed by atoms with Gasteiger partial charge < -0.3 is 0 Å². The Morgan fingerprint density at radius 3 is 2.00 bits per heavy atom. The van der Waals surface area contributed by atoms with Crippen molar-refractivity contribution in [1.29, 1.82) is 0 Å². The van der Waals surface area contributed by atoms with E-state index in [1.54, 1.807) is 0 Å². The molecule has 1 aromatic carbocycles. The van der Waals surface area contributed by atoms with Gasteiger partial charge in [-0.2, -0.15) is 8.42 Å². The van der Waals surface area contributed by atoms with E-state index in [1.807, 2.05) is 0 Å². The van der Waals surface area contributed by atoms with Crippen molar-refractivity contribution >= 4 is 20.1 Å². The summed E-state index contributed by atoms with van der Waals surface area (Å²) in [5.41, 5.74) is 0. The molecule has 0 amide bonds. The molecule has 0 aliphatic heterocycles. The molecule has 1 rings (SSSR count). The highest BCUT2D eigenvalue weighted by Gasteiger charge is 2.19. The van der Waals surface area contributed by atoms with E-state index in [0.717, 1.165) is 16.4 Å². The maximum Gasteiger partial charge on any atom is 0.294 e. The first kappa shape index (κ1) is 13.1. The third-order valence-corrected chi connectivity index (χ3v) is 4.54. The van der Waals surface area contributed by atoms with E-state index < -0.39 is 25.0 Å². The SMILES string of the molecule is CN(C)S(=O)(=O)c1cccc(S(=O)(=O)O)c1. The topological polar surface area (TPSA) is 91.8 Å². The number of benzene rings is 1. The lowest BCUT2D eigenvalue weighted by molar-refractivity contribution is 0.483. The van der Waals surface area contributed by atoms with Gasteiger partial charge in [0, 0.05) is 14.1 Å². The summed E-state index contributed by atoms with van der Waals surface area (Å²) >= 11 is 0. The number of hydrogen-bond donors (Lipinski definition) is 1. The van der Waals surface area contributed by atoms with E-state index in [4.69, 9.17) is 4.55 Å². The lowest BCUT2D eigenvalue weighted by Gasteiger charge is -2.11. The molecule has 0 bridgehead atoms. The highest BCUT2D eigenvalue weighted by molar-refractivity contribution is 7.89. The van der Waals surface area contributed by atoms with Crippen LogP contribution in [0.2, 0.25) is 0 Å². The van der Waals surface area contributed by atoms with E-state index in [9.17, 15) is 16.8 Å². The van der Waals surface area contributed by atoms with Crippen molar-refractivity contribution in [2.75, 3.05) is 14.1 Å². The molecule has 0 radical (unpaired) electrons. The molecule has 16 heavy (non-hydrogen) atoms. The zero-order chi connectivity index (χ0) is 12.6. The Balaban J connectivity index is 3.41. The predicted octanol–water partition coefficient (Wildman–Crippen LogP) is 0.184. The van der Waals surface area contributed by atoms with Crippen molar-refractivity contribution in [3.63, 3.8) is 0 Å². The standard InChI is InChI=1S/C8H11NO5S2/c1-9(2)15(10,11)7-4-3-5-8(6-7)16(12,13)14/h3-6H,1-2H3,(H,12,13,14). The molecule has 0 atom stereocenters. The average molecular weight is 265 g/mol. The normalized spacial score (nSPS) is 13.0. The fraction of sp³-hybridized carbons (Fsp3) is 0.250. The summed E-state index contributed by atoms with van der Waals surface area (Å²) in [4.78, 5) is -0.636. The summed E-state index contributed by atoms with van der Waals surface area (Å²) < 4.78 is 54.7. The van der Waals surface area contributed by atoms with Crippen LogP contribution in [0, 0.1) is 0 Å². The number of sulfonamides is 1. The smallest absolute Gasteiger partial charge is 0.282 e. The van der Waals surface area contributed by atoms with E-state index in [0.29, 0.717) is 0 Å². The Hall–Kier alpha value is -0.960. The molecule has 1 aromatic rings. The third-order valence-electron chi connectivity index (χ3n) is 1.88. The molecule has 6 nitrogen and oxygen atoms in total. The van der Waals surface area contributed by atoms with Crippen LogP contribution in [-0.2, 0) is 20.1 Å². The molecule has 90 valence electrons. The van der Waals surface area contributed by atoms with Gasteiger partial charge in [0.2, 0.25) is 10.0 Å². The second-order valence-electron chi connectivity index (χ2n) is 3.24. The van der Waals surface area contributed by atoms with Gasteiger partial charge in [-0.1, -0.05) is 6.07 Å². The number of nitrogens with zero attached hydrogens (tertiary/aromatic N) is 1. The molecule has 0 aliphatic rings. The molecule has 0 saturated carbocycles. The molecule has 0 aromatic heterocycles. The number of hydrogen-bond acceptors (Lipinski definition) is 4. The largest absolute Gasteiger partial charge is 0.294 e. The minimum absolute atomic E-state index is 0.187. The van der Waals surface area contributed by atoms with Gasteiger partial charge in [0.15, 0.2) is 0 Å².